The number of aromatic nitrogens is 2. The molecule has 0 saturated carbocycles. The molecule has 1 fully saturated rings. The minimum atomic E-state index is 0.498. The number of morpholine rings is 1. The number of fused-ring (bicyclic) bond motifs is 1. The van der Waals surface area contributed by atoms with E-state index in [1.165, 1.54) is 6.42 Å². The minimum absolute atomic E-state index is 0.498. The van der Waals surface area contributed by atoms with Gasteiger partial charge >= 0.3 is 0 Å². The molecule has 1 atom stereocenters. The molecule has 1 aromatic heterocycles. The van der Waals surface area contributed by atoms with Gasteiger partial charge < -0.3 is 20.4 Å². The van der Waals surface area contributed by atoms with Crippen molar-refractivity contribution in [2.24, 2.45) is 10.9 Å². The second-order valence-electron chi connectivity index (χ2n) is 7.76. The number of hydrogen-bond donors (Lipinski definition) is 3. The average molecular weight is 387 g/mol. The SMILES string of the molecule is CN=C(NCCc1nc2ccccc2[nH]1)NCC(CC(C)C)N1CCOCC1. The Bertz CT molecular complexity index is 717. The number of benzene rings is 1. The smallest absolute Gasteiger partial charge is 0.191 e. The lowest BCUT2D eigenvalue weighted by atomic mass is 10.0. The van der Waals surface area contributed by atoms with Crippen LogP contribution in [0.4, 0.5) is 0 Å². The van der Waals surface area contributed by atoms with Crippen LogP contribution in [0.2, 0.25) is 0 Å². The van der Waals surface area contributed by atoms with Crippen LogP contribution in [-0.4, -0.2) is 73.3 Å². The van der Waals surface area contributed by atoms with Crippen LogP contribution in [0.1, 0.15) is 26.1 Å². The van der Waals surface area contributed by atoms with Crippen LogP contribution < -0.4 is 10.6 Å². The Hall–Kier alpha value is -2.12. The number of nitrogens with zero attached hydrogens (tertiary/aromatic N) is 3. The average Bonchev–Trinajstić information content (AvgIpc) is 3.12. The van der Waals surface area contributed by atoms with E-state index in [2.05, 4.69) is 50.4 Å². The third-order valence-corrected chi connectivity index (χ3v) is 5.13. The van der Waals surface area contributed by atoms with Gasteiger partial charge in [-0.25, -0.2) is 4.98 Å². The summed E-state index contributed by atoms with van der Waals surface area (Å²) in [6, 6.07) is 8.62. The Balaban J connectivity index is 1.47. The van der Waals surface area contributed by atoms with Crippen molar-refractivity contribution in [2.45, 2.75) is 32.7 Å². The van der Waals surface area contributed by atoms with Crippen molar-refractivity contribution in [3.63, 3.8) is 0 Å². The molecule has 3 N–H and O–H groups in total. The molecule has 0 spiro atoms. The molecule has 154 valence electrons. The maximum Gasteiger partial charge on any atom is 0.191 e. The normalized spacial score (nSPS) is 17.2. The predicted molar refractivity (Wildman–Crippen MR) is 115 cm³/mol. The summed E-state index contributed by atoms with van der Waals surface area (Å²) in [4.78, 5) is 14.9. The molecule has 0 amide bonds. The van der Waals surface area contributed by atoms with Crippen LogP contribution in [0.5, 0.6) is 0 Å². The molecule has 1 unspecified atom stereocenters. The van der Waals surface area contributed by atoms with Crippen LogP contribution >= 0.6 is 0 Å². The Morgan fingerprint density at radius 3 is 2.75 bits per heavy atom. The summed E-state index contributed by atoms with van der Waals surface area (Å²) < 4.78 is 5.51. The molecule has 1 aromatic carbocycles. The first kappa shape index (κ1) is 20.6. The molecule has 0 aliphatic carbocycles. The number of H-pyrrole nitrogens is 1. The molecule has 28 heavy (non-hydrogen) atoms. The first-order valence-corrected chi connectivity index (χ1v) is 10.4. The van der Waals surface area contributed by atoms with E-state index in [9.17, 15) is 0 Å². The standard InChI is InChI=1S/C21H34N6O/c1-16(2)14-17(27-10-12-28-13-11-27)15-24-21(22-3)23-9-8-20-25-18-6-4-5-7-19(18)26-20/h4-7,16-17H,8-15H2,1-3H3,(H,25,26)(H2,22,23,24). The summed E-state index contributed by atoms with van der Waals surface area (Å²) in [5, 5.41) is 6.92. The predicted octanol–water partition coefficient (Wildman–Crippen LogP) is 2.02. The fourth-order valence-electron chi connectivity index (χ4n) is 3.71. The van der Waals surface area contributed by atoms with Gasteiger partial charge in [0.05, 0.1) is 24.2 Å². The summed E-state index contributed by atoms with van der Waals surface area (Å²) in [5.41, 5.74) is 2.10. The highest BCUT2D eigenvalue weighted by Gasteiger charge is 2.22. The van der Waals surface area contributed by atoms with E-state index in [4.69, 9.17) is 4.74 Å². The molecular formula is C21H34N6O. The van der Waals surface area contributed by atoms with E-state index < -0.39 is 0 Å². The van der Waals surface area contributed by atoms with E-state index in [1.807, 2.05) is 25.2 Å². The summed E-state index contributed by atoms with van der Waals surface area (Å²) in [6.07, 6.45) is 2.00. The number of ether oxygens (including phenoxy) is 1. The molecule has 7 nitrogen and oxygen atoms in total. The van der Waals surface area contributed by atoms with Gasteiger partial charge in [0.15, 0.2) is 5.96 Å². The minimum Gasteiger partial charge on any atom is -0.379 e. The van der Waals surface area contributed by atoms with Gasteiger partial charge in [0.1, 0.15) is 5.82 Å². The largest absolute Gasteiger partial charge is 0.379 e. The monoisotopic (exact) mass is 386 g/mol. The molecule has 1 saturated heterocycles. The number of hydrogen-bond acceptors (Lipinski definition) is 4. The number of rotatable bonds is 8. The number of para-hydroxylation sites is 2. The zero-order valence-corrected chi connectivity index (χ0v) is 17.4. The van der Waals surface area contributed by atoms with E-state index in [1.54, 1.807) is 0 Å². The van der Waals surface area contributed by atoms with Gasteiger partial charge in [-0.05, 0) is 24.5 Å². The fourth-order valence-corrected chi connectivity index (χ4v) is 3.71. The first-order valence-electron chi connectivity index (χ1n) is 10.4. The number of aromatic amines is 1. The van der Waals surface area contributed by atoms with Crippen molar-refractivity contribution in [2.75, 3.05) is 46.4 Å². The van der Waals surface area contributed by atoms with E-state index in [-0.39, 0.29) is 0 Å². The maximum absolute atomic E-state index is 5.51. The lowest BCUT2D eigenvalue weighted by Gasteiger charge is -2.35. The second kappa shape index (κ2) is 10.4. The van der Waals surface area contributed by atoms with Crippen LogP contribution in [-0.2, 0) is 11.2 Å². The lowest BCUT2D eigenvalue weighted by molar-refractivity contribution is 0.0132. The molecule has 2 aromatic rings. The molecule has 0 bridgehead atoms. The molecule has 0 radical (unpaired) electrons. The van der Waals surface area contributed by atoms with Crippen LogP contribution in [0.25, 0.3) is 11.0 Å². The number of guanidine groups is 1. The Kier molecular flexibility index (Phi) is 7.68. The molecule has 2 heterocycles. The molecule has 1 aliphatic rings. The van der Waals surface area contributed by atoms with Crippen LogP contribution in [0.15, 0.2) is 29.3 Å². The lowest BCUT2D eigenvalue weighted by Crippen LogP contribution is -2.51. The van der Waals surface area contributed by atoms with Gasteiger partial charge in [-0.3, -0.25) is 9.89 Å². The Labute approximate surface area is 168 Å². The molecular weight excluding hydrogens is 352 g/mol. The van der Waals surface area contributed by atoms with Gasteiger partial charge in [-0.2, -0.15) is 0 Å². The highest BCUT2D eigenvalue weighted by atomic mass is 16.5. The summed E-state index contributed by atoms with van der Waals surface area (Å²) in [6.45, 7) is 9.93. The number of imidazole rings is 1. The summed E-state index contributed by atoms with van der Waals surface area (Å²) in [5.74, 6) is 2.51. The van der Waals surface area contributed by atoms with Crippen molar-refractivity contribution in [1.29, 1.82) is 0 Å². The zero-order valence-electron chi connectivity index (χ0n) is 17.4. The van der Waals surface area contributed by atoms with E-state index in [0.29, 0.717) is 12.0 Å². The van der Waals surface area contributed by atoms with Gasteiger partial charge in [0.25, 0.3) is 0 Å². The Morgan fingerprint density at radius 2 is 2.04 bits per heavy atom. The van der Waals surface area contributed by atoms with Gasteiger partial charge in [0, 0.05) is 45.7 Å². The number of aliphatic imine (C=N–C) groups is 1. The second-order valence-corrected chi connectivity index (χ2v) is 7.76. The summed E-state index contributed by atoms with van der Waals surface area (Å²) >= 11 is 0. The number of nitrogens with one attached hydrogen (secondary N) is 3. The Morgan fingerprint density at radius 1 is 1.25 bits per heavy atom. The van der Waals surface area contributed by atoms with Crippen LogP contribution in [0.3, 0.4) is 0 Å². The van der Waals surface area contributed by atoms with Crippen molar-refractivity contribution >= 4 is 17.0 Å². The van der Waals surface area contributed by atoms with Crippen molar-refractivity contribution < 1.29 is 4.74 Å². The maximum atomic E-state index is 5.51. The van der Waals surface area contributed by atoms with Gasteiger partial charge in [-0.15, -0.1) is 0 Å². The summed E-state index contributed by atoms with van der Waals surface area (Å²) in [7, 11) is 1.82. The van der Waals surface area contributed by atoms with Gasteiger partial charge in [0.2, 0.25) is 0 Å². The molecule has 1 aliphatic heterocycles. The van der Waals surface area contributed by atoms with Crippen molar-refractivity contribution in [3.8, 4) is 0 Å². The van der Waals surface area contributed by atoms with E-state index >= 15 is 0 Å². The van der Waals surface area contributed by atoms with Gasteiger partial charge in [-0.1, -0.05) is 26.0 Å². The fraction of sp³-hybridized carbons (Fsp3) is 0.619. The van der Waals surface area contributed by atoms with E-state index in [0.717, 1.165) is 68.6 Å². The highest BCUT2D eigenvalue weighted by molar-refractivity contribution is 5.79. The van der Waals surface area contributed by atoms with Crippen LogP contribution in [0, 0.1) is 5.92 Å². The van der Waals surface area contributed by atoms with Crippen molar-refractivity contribution in [1.82, 2.24) is 25.5 Å². The molecule has 3 rings (SSSR count). The first-order chi connectivity index (χ1) is 13.7. The third-order valence-electron chi connectivity index (χ3n) is 5.13. The quantitative estimate of drug-likeness (QED) is 0.478. The highest BCUT2D eigenvalue weighted by Crippen LogP contribution is 2.13. The zero-order chi connectivity index (χ0) is 19.8. The third kappa shape index (κ3) is 5.94. The van der Waals surface area contributed by atoms with Crippen molar-refractivity contribution in [3.05, 3.63) is 30.1 Å². The topological polar surface area (TPSA) is 77.6 Å². The molecule has 7 heteroatoms.